The second-order valence-corrected chi connectivity index (χ2v) is 8.29. The third-order valence-corrected chi connectivity index (χ3v) is 6.36. The maximum absolute atomic E-state index is 13.2. The highest BCUT2D eigenvalue weighted by atomic mass is 19.1. The maximum Gasteiger partial charge on any atom is 0.266 e. The van der Waals surface area contributed by atoms with Crippen LogP contribution in [0.1, 0.15) is 38.5 Å². The molecule has 4 rings (SSSR count). The molecule has 2 aromatic rings. The van der Waals surface area contributed by atoms with E-state index in [1.165, 1.54) is 22.9 Å². The highest BCUT2D eigenvalue weighted by molar-refractivity contribution is 5.79. The van der Waals surface area contributed by atoms with Crippen molar-refractivity contribution in [2.45, 2.75) is 57.2 Å². The molecule has 0 radical (unpaired) electrons. The predicted octanol–water partition coefficient (Wildman–Crippen LogP) is 3.25. The molecule has 1 aromatic carbocycles. The molecule has 7 heteroatoms. The number of rotatable bonds is 5. The first-order valence-corrected chi connectivity index (χ1v) is 10.7. The molecule has 1 saturated carbocycles. The summed E-state index contributed by atoms with van der Waals surface area (Å²) in [6, 6.07) is 9.14. The number of amides is 1. The molecule has 1 amide bonds. The average Bonchev–Trinajstić information content (AvgIpc) is 3.23. The molecule has 1 aliphatic carbocycles. The summed E-state index contributed by atoms with van der Waals surface area (Å²) in [5.74, 6) is -0.132. The van der Waals surface area contributed by atoms with Crippen molar-refractivity contribution in [1.82, 2.24) is 14.7 Å². The Balaban J connectivity index is 1.50. The Morgan fingerprint density at radius 3 is 2.70 bits per heavy atom. The molecule has 2 heterocycles. The van der Waals surface area contributed by atoms with Gasteiger partial charge in [-0.3, -0.25) is 9.59 Å². The number of likely N-dealkylation sites (tertiary alicyclic amines) is 1. The Labute approximate surface area is 175 Å². The number of nitrogens with zero attached hydrogens (tertiary/aromatic N) is 3. The Bertz CT molecular complexity index is 943. The summed E-state index contributed by atoms with van der Waals surface area (Å²) in [6.45, 7) is 1.10. The summed E-state index contributed by atoms with van der Waals surface area (Å²) < 4.78 is 20.1. The molecule has 0 unspecified atom stereocenters. The van der Waals surface area contributed by atoms with E-state index in [0.29, 0.717) is 12.2 Å². The lowest BCUT2D eigenvalue weighted by Crippen LogP contribution is -2.44. The molecule has 1 aromatic heterocycles. The fourth-order valence-corrected chi connectivity index (χ4v) is 4.69. The van der Waals surface area contributed by atoms with Crippen LogP contribution in [-0.4, -0.2) is 46.4 Å². The third kappa shape index (κ3) is 4.46. The largest absolute Gasteiger partial charge is 0.381 e. The van der Waals surface area contributed by atoms with Gasteiger partial charge in [-0.2, -0.15) is 5.10 Å². The average molecular weight is 413 g/mol. The Morgan fingerprint density at radius 2 is 1.93 bits per heavy atom. The molecule has 3 atom stereocenters. The van der Waals surface area contributed by atoms with Crippen LogP contribution in [0.4, 0.5) is 4.39 Å². The van der Waals surface area contributed by atoms with Gasteiger partial charge in [0.2, 0.25) is 5.91 Å². The predicted molar refractivity (Wildman–Crippen MR) is 111 cm³/mol. The van der Waals surface area contributed by atoms with E-state index in [9.17, 15) is 14.0 Å². The molecule has 0 N–H and O–H groups in total. The standard InChI is InChI=1S/C23H28FN3O3/c1-30-20-6-2-4-17(14-20)23(29)26-13-3-5-19(26)15-27-22(28)12-11-21(25-27)16-7-9-18(24)10-8-16/h7-12,17,19-20H,2-6,13-15H2,1H3/t17-,19-,20-/m0/s1. The van der Waals surface area contributed by atoms with Crippen LogP contribution in [0.2, 0.25) is 0 Å². The van der Waals surface area contributed by atoms with Crippen LogP contribution >= 0.6 is 0 Å². The van der Waals surface area contributed by atoms with Crippen LogP contribution in [0, 0.1) is 11.7 Å². The van der Waals surface area contributed by atoms with Crippen LogP contribution in [0.5, 0.6) is 0 Å². The van der Waals surface area contributed by atoms with E-state index in [0.717, 1.165) is 50.6 Å². The van der Waals surface area contributed by atoms with Gasteiger partial charge in [0.05, 0.1) is 24.4 Å². The summed E-state index contributed by atoms with van der Waals surface area (Å²) in [7, 11) is 1.71. The molecule has 2 aliphatic rings. The van der Waals surface area contributed by atoms with Crippen LogP contribution in [0.15, 0.2) is 41.2 Å². The summed E-state index contributed by atoms with van der Waals surface area (Å²) in [4.78, 5) is 27.6. The minimum Gasteiger partial charge on any atom is -0.381 e. The lowest BCUT2D eigenvalue weighted by Gasteiger charge is -2.33. The number of carbonyl (C=O) groups is 1. The van der Waals surface area contributed by atoms with Gasteiger partial charge in [-0.25, -0.2) is 9.07 Å². The number of carbonyl (C=O) groups excluding carboxylic acids is 1. The Hall–Kier alpha value is -2.54. The quantitative estimate of drug-likeness (QED) is 0.755. The van der Waals surface area contributed by atoms with Gasteiger partial charge in [-0.05, 0) is 62.4 Å². The van der Waals surface area contributed by atoms with E-state index in [1.54, 1.807) is 25.3 Å². The van der Waals surface area contributed by atoms with Gasteiger partial charge >= 0.3 is 0 Å². The highest BCUT2D eigenvalue weighted by Crippen LogP contribution is 2.30. The van der Waals surface area contributed by atoms with Crippen LogP contribution in [-0.2, 0) is 16.1 Å². The van der Waals surface area contributed by atoms with Crippen LogP contribution < -0.4 is 5.56 Å². The van der Waals surface area contributed by atoms with E-state index in [4.69, 9.17) is 4.74 Å². The van der Waals surface area contributed by atoms with Crippen LogP contribution in [0.3, 0.4) is 0 Å². The van der Waals surface area contributed by atoms with Gasteiger partial charge in [0, 0.05) is 31.2 Å². The zero-order valence-electron chi connectivity index (χ0n) is 17.3. The number of halogens is 1. The molecule has 1 saturated heterocycles. The topological polar surface area (TPSA) is 64.4 Å². The fraction of sp³-hybridized carbons (Fsp3) is 0.522. The van der Waals surface area contributed by atoms with Crippen molar-refractivity contribution >= 4 is 5.91 Å². The smallest absolute Gasteiger partial charge is 0.266 e. The fourth-order valence-electron chi connectivity index (χ4n) is 4.69. The molecule has 2 fully saturated rings. The van der Waals surface area contributed by atoms with E-state index in [2.05, 4.69) is 5.10 Å². The lowest BCUT2D eigenvalue weighted by molar-refractivity contribution is -0.139. The zero-order chi connectivity index (χ0) is 21.1. The van der Waals surface area contributed by atoms with Crippen molar-refractivity contribution < 1.29 is 13.9 Å². The van der Waals surface area contributed by atoms with Gasteiger partial charge < -0.3 is 9.64 Å². The zero-order valence-corrected chi connectivity index (χ0v) is 17.3. The minimum absolute atomic E-state index is 0.000435. The molecule has 0 bridgehead atoms. The summed E-state index contributed by atoms with van der Waals surface area (Å²) in [5, 5.41) is 4.49. The van der Waals surface area contributed by atoms with Crippen molar-refractivity contribution in [3.05, 3.63) is 52.6 Å². The lowest BCUT2D eigenvalue weighted by atomic mass is 9.86. The van der Waals surface area contributed by atoms with E-state index in [1.807, 2.05) is 4.90 Å². The van der Waals surface area contributed by atoms with Crippen molar-refractivity contribution in [3.8, 4) is 11.3 Å². The number of benzene rings is 1. The van der Waals surface area contributed by atoms with E-state index >= 15 is 0 Å². The number of ether oxygens (including phenoxy) is 1. The molecular weight excluding hydrogens is 385 g/mol. The molecule has 0 spiro atoms. The van der Waals surface area contributed by atoms with Crippen molar-refractivity contribution in [1.29, 1.82) is 0 Å². The van der Waals surface area contributed by atoms with E-state index < -0.39 is 0 Å². The summed E-state index contributed by atoms with van der Waals surface area (Å²) >= 11 is 0. The molecule has 160 valence electrons. The molecular formula is C23H28FN3O3. The monoisotopic (exact) mass is 413 g/mol. The number of hydrogen-bond acceptors (Lipinski definition) is 4. The number of hydrogen-bond donors (Lipinski definition) is 0. The second-order valence-electron chi connectivity index (χ2n) is 8.29. The summed E-state index contributed by atoms with van der Waals surface area (Å²) in [6.07, 6.45) is 5.65. The normalized spacial score (nSPS) is 24.2. The highest BCUT2D eigenvalue weighted by Gasteiger charge is 2.36. The van der Waals surface area contributed by atoms with Gasteiger partial charge in [0.15, 0.2) is 0 Å². The van der Waals surface area contributed by atoms with Crippen molar-refractivity contribution in [2.75, 3.05) is 13.7 Å². The SMILES string of the molecule is CO[C@H]1CCC[C@H](C(=O)N2CCC[C@H]2Cn2nc(-c3ccc(F)cc3)ccc2=O)C1. The van der Waals surface area contributed by atoms with Gasteiger partial charge in [-0.15, -0.1) is 0 Å². The first-order chi connectivity index (χ1) is 14.5. The Morgan fingerprint density at radius 1 is 1.13 bits per heavy atom. The minimum atomic E-state index is -0.314. The van der Waals surface area contributed by atoms with Gasteiger partial charge in [0.1, 0.15) is 5.82 Å². The Kier molecular flexibility index (Phi) is 6.27. The van der Waals surface area contributed by atoms with E-state index in [-0.39, 0.29) is 35.3 Å². The van der Waals surface area contributed by atoms with Crippen molar-refractivity contribution in [3.63, 3.8) is 0 Å². The molecule has 6 nitrogen and oxygen atoms in total. The first-order valence-electron chi connectivity index (χ1n) is 10.7. The summed E-state index contributed by atoms with van der Waals surface area (Å²) in [5.41, 5.74) is 1.16. The van der Waals surface area contributed by atoms with Gasteiger partial charge in [-0.1, -0.05) is 6.42 Å². The molecule has 1 aliphatic heterocycles. The van der Waals surface area contributed by atoms with Crippen LogP contribution in [0.25, 0.3) is 11.3 Å². The van der Waals surface area contributed by atoms with Gasteiger partial charge in [0.25, 0.3) is 5.56 Å². The molecule has 30 heavy (non-hydrogen) atoms. The maximum atomic E-state index is 13.2. The first kappa shape index (κ1) is 20.7. The van der Waals surface area contributed by atoms with Crippen molar-refractivity contribution in [2.24, 2.45) is 5.92 Å². The number of aromatic nitrogens is 2. The third-order valence-electron chi connectivity index (χ3n) is 6.36. The number of methoxy groups -OCH3 is 1. The second kappa shape index (κ2) is 9.08.